The van der Waals surface area contributed by atoms with Crippen molar-refractivity contribution < 1.29 is 19.4 Å². The highest BCUT2D eigenvalue weighted by Crippen LogP contribution is 2.26. The number of hydrogen-bond acceptors (Lipinski definition) is 4. The van der Waals surface area contributed by atoms with Gasteiger partial charge in [0.2, 0.25) is 11.6 Å². The monoisotopic (exact) mass is 244 g/mol. The van der Waals surface area contributed by atoms with E-state index >= 15 is 0 Å². The van der Waals surface area contributed by atoms with E-state index in [2.05, 4.69) is 0 Å². The number of aliphatic hydroxyl groups excluding tert-OH is 1. The fourth-order valence-electron chi connectivity index (χ4n) is 1.66. The molecule has 4 nitrogen and oxygen atoms in total. The molecule has 0 bridgehead atoms. The molecule has 0 saturated heterocycles. The fraction of sp³-hybridized carbons (Fsp3) is 0.846. The Balaban J connectivity index is 5.07. The summed E-state index contributed by atoms with van der Waals surface area (Å²) < 4.78 is 5.24. The highest BCUT2D eigenvalue weighted by atomic mass is 16.6. The lowest BCUT2D eigenvalue weighted by Gasteiger charge is -2.31. The van der Waals surface area contributed by atoms with Crippen molar-refractivity contribution in [2.75, 3.05) is 0 Å². The number of rotatable bonds is 6. The average Bonchev–Trinajstić information content (AvgIpc) is 2.13. The van der Waals surface area contributed by atoms with Gasteiger partial charge in [-0.15, -0.1) is 0 Å². The van der Waals surface area contributed by atoms with Gasteiger partial charge >= 0.3 is 0 Å². The molecule has 0 aliphatic rings. The summed E-state index contributed by atoms with van der Waals surface area (Å²) in [5, 5.41) is 9.26. The van der Waals surface area contributed by atoms with Gasteiger partial charge in [-0.1, -0.05) is 34.1 Å². The second-order valence-electron chi connectivity index (χ2n) is 5.61. The van der Waals surface area contributed by atoms with Crippen LogP contribution in [0.2, 0.25) is 0 Å². The lowest BCUT2D eigenvalue weighted by atomic mass is 9.81. The summed E-state index contributed by atoms with van der Waals surface area (Å²) in [5.74, 6) is -1.03. The first kappa shape index (κ1) is 16.3. The first-order valence-electron chi connectivity index (χ1n) is 5.99. The summed E-state index contributed by atoms with van der Waals surface area (Å²) in [6, 6.07) is 0. The Morgan fingerprint density at radius 3 is 1.94 bits per heavy atom. The van der Waals surface area contributed by atoms with Crippen molar-refractivity contribution in [3.05, 3.63) is 0 Å². The van der Waals surface area contributed by atoms with Crippen molar-refractivity contribution in [1.29, 1.82) is 0 Å². The van der Waals surface area contributed by atoms with Crippen LogP contribution in [0.25, 0.3) is 0 Å². The smallest absolute Gasteiger partial charge is 0.230 e. The Morgan fingerprint density at radius 2 is 1.65 bits per heavy atom. The van der Waals surface area contributed by atoms with Gasteiger partial charge in [-0.3, -0.25) is 9.59 Å². The Labute approximate surface area is 103 Å². The minimum Gasteiger partial charge on any atom is -0.368 e. The van der Waals surface area contributed by atoms with Crippen LogP contribution in [0.1, 0.15) is 54.4 Å². The van der Waals surface area contributed by atoms with E-state index in [1.54, 1.807) is 27.7 Å². The molecule has 1 N–H and O–H groups in total. The standard InChI is InChI=1S/C13H24O4/c1-7-8-13(6,17-9(2)14)11(16)10(15)12(3,4)5/h9,14H,7-8H2,1-6H3. The number of ketones is 2. The minimum atomic E-state index is -1.23. The summed E-state index contributed by atoms with van der Waals surface area (Å²) in [6.07, 6.45) is 0.0496. The van der Waals surface area contributed by atoms with E-state index in [1.807, 2.05) is 6.92 Å². The molecular weight excluding hydrogens is 220 g/mol. The highest BCUT2D eigenvalue weighted by molar-refractivity contribution is 6.41. The number of hydrogen-bond donors (Lipinski definition) is 1. The molecule has 4 heteroatoms. The maximum absolute atomic E-state index is 12.2. The summed E-state index contributed by atoms with van der Waals surface area (Å²) in [4.78, 5) is 24.1. The Bertz CT molecular complexity index is 288. The van der Waals surface area contributed by atoms with Gasteiger partial charge in [-0.05, 0) is 20.3 Å². The quantitative estimate of drug-likeness (QED) is 0.574. The van der Waals surface area contributed by atoms with E-state index in [1.165, 1.54) is 6.92 Å². The van der Waals surface area contributed by atoms with Crippen LogP contribution in [-0.4, -0.2) is 28.6 Å². The van der Waals surface area contributed by atoms with Gasteiger partial charge < -0.3 is 9.84 Å². The van der Waals surface area contributed by atoms with Crippen LogP contribution >= 0.6 is 0 Å². The van der Waals surface area contributed by atoms with Gasteiger partial charge in [0.25, 0.3) is 0 Å². The molecule has 0 saturated carbocycles. The zero-order chi connectivity index (χ0) is 13.9. The largest absolute Gasteiger partial charge is 0.368 e. The third-order valence-corrected chi connectivity index (χ3v) is 2.53. The van der Waals surface area contributed by atoms with Crippen molar-refractivity contribution in [1.82, 2.24) is 0 Å². The molecule has 0 aliphatic carbocycles. The SMILES string of the molecule is CCCC(C)(OC(C)O)C(=O)C(=O)C(C)(C)C. The third-order valence-electron chi connectivity index (χ3n) is 2.53. The van der Waals surface area contributed by atoms with Crippen molar-refractivity contribution in [2.24, 2.45) is 5.41 Å². The summed E-state index contributed by atoms with van der Waals surface area (Å²) in [5.41, 5.74) is -1.96. The lowest BCUT2D eigenvalue weighted by molar-refractivity contribution is -0.186. The fourth-order valence-corrected chi connectivity index (χ4v) is 1.66. The van der Waals surface area contributed by atoms with E-state index in [4.69, 9.17) is 4.74 Å². The van der Waals surface area contributed by atoms with E-state index in [9.17, 15) is 14.7 Å². The van der Waals surface area contributed by atoms with E-state index < -0.39 is 28.9 Å². The van der Waals surface area contributed by atoms with Gasteiger partial charge in [0, 0.05) is 5.41 Å². The number of carbonyl (C=O) groups excluding carboxylic acids is 2. The molecule has 0 rings (SSSR count). The highest BCUT2D eigenvalue weighted by Gasteiger charge is 2.42. The van der Waals surface area contributed by atoms with E-state index in [0.29, 0.717) is 12.8 Å². The van der Waals surface area contributed by atoms with Crippen LogP contribution in [0.3, 0.4) is 0 Å². The van der Waals surface area contributed by atoms with Crippen LogP contribution in [0.15, 0.2) is 0 Å². The maximum atomic E-state index is 12.2. The maximum Gasteiger partial charge on any atom is 0.230 e. The van der Waals surface area contributed by atoms with Gasteiger partial charge in [0.1, 0.15) is 5.60 Å². The summed E-state index contributed by atoms with van der Waals surface area (Å²) >= 11 is 0. The Hall–Kier alpha value is -0.740. The normalized spacial score (nSPS) is 17.4. The number of carbonyl (C=O) groups is 2. The first-order chi connectivity index (χ1) is 7.54. The van der Waals surface area contributed by atoms with Gasteiger partial charge in [0.05, 0.1) is 0 Å². The van der Waals surface area contributed by atoms with E-state index in [-0.39, 0.29) is 0 Å². The van der Waals surface area contributed by atoms with Crippen molar-refractivity contribution in [3.8, 4) is 0 Å². The molecule has 0 amide bonds. The molecule has 0 radical (unpaired) electrons. The number of Topliss-reactive ketones (excluding diaryl/α,β-unsaturated/α-hetero) is 2. The van der Waals surface area contributed by atoms with Crippen LogP contribution in [-0.2, 0) is 14.3 Å². The molecule has 0 spiro atoms. The second-order valence-corrected chi connectivity index (χ2v) is 5.61. The van der Waals surface area contributed by atoms with Crippen molar-refractivity contribution in [2.45, 2.75) is 66.3 Å². The second kappa shape index (κ2) is 5.74. The van der Waals surface area contributed by atoms with Crippen molar-refractivity contribution >= 4 is 11.6 Å². The molecule has 0 heterocycles. The van der Waals surface area contributed by atoms with Crippen LogP contribution in [0.5, 0.6) is 0 Å². The Kier molecular flexibility index (Phi) is 5.49. The molecule has 2 unspecified atom stereocenters. The van der Waals surface area contributed by atoms with Gasteiger partial charge in [-0.2, -0.15) is 0 Å². The topological polar surface area (TPSA) is 63.6 Å². The summed E-state index contributed by atoms with van der Waals surface area (Å²) in [6.45, 7) is 9.99. The van der Waals surface area contributed by atoms with Crippen LogP contribution < -0.4 is 0 Å². The number of aliphatic hydroxyl groups is 1. The molecule has 17 heavy (non-hydrogen) atoms. The number of ether oxygens (including phenoxy) is 1. The van der Waals surface area contributed by atoms with Gasteiger partial charge in [-0.25, -0.2) is 0 Å². The first-order valence-corrected chi connectivity index (χ1v) is 5.99. The molecule has 100 valence electrons. The lowest BCUT2D eigenvalue weighted by Crippen LogP contribution is -2.48. The Morgan fingerprint density at radius 1 is 1.18 bits per heavy atom. The zero-order valence-corrected chi connectivity index (χ0v) is 11.7. The molecule has 2 atom stereocenters. The van der Waals surface area contributed by atoms with Crippen molar-refractivity contribution in [3.63, 3.8) is 0 Å². The molecular formula is C13H24O4. The molecule has 0 aromatic carbocycles. The molecule has 0 aromatic heterocycles. The van der Waals surface area contributed by atoms with E-state index in [0.717, 1.165) is 0 Å². The van der Waals surface area contributed by atoms with Gasteiger partial charge in [0.15, 0.2) is 6.29 Å². The minimum absolute atomic E-state index is 0.415. The average molecular weight is 244 g/mol. The molecule has 0 fully saturated rings. The predicted octanol–water partition coefficient (Wildman–Crippen LogP) is 2.08. The molecule has 0 aromatic rings. The van der Waals surface area contributed by atoms with Crippen LogP contribution in [0, 0.1) is 5.41 Å². The van der Waals surface area contributed by atoms with Crippen LogP contribution in [0.4, 0.5) is 0 Å². The third kappa shape index (κ3) is 4.56. The molecule has 0 aliphatic heterocycles. The predicted molar refractivity (Wildman–Crippen MR) is 65.5 cm³/mol. The summed E-state index contributed by atoms with van der Waals surface area (Å²) in [7, 11) is 0. The zero-order valence-electron chi connectivity index (χ0n) is 11.7.